The Balaban J connectivity index is 1.42. The zero-order valence-corrected chi connectivity index (χ0v) is 19.5. The molecule has 0 bridgehead atoms. The number of carbonyl (C=O) groups excluding carboxylic acids is 1. The van der Waals surface area contributed by atoms with Gasteiger partial charge in [-0.15, -0.1) is 0 Å². The number of rotatable bonds is 6. The Kier molecular flexibility index (Phi) is 6.25. The number of esters is 1. The standard InChI is InChI=1S/C24H23N3O6S/c1-25-19(15-22(28)26(2)24(25)30)16-33-23(29)12-9-17-7-10-20(11-8-17)34(31,32)27-14-13-18-5-3-4-6-21(18)27/h3-12,15H,13-14,16H2,1-2H3/b12-9+. The molecule has 176 valence electrons. The molecular weight excluding hydrogens is 458 g/mol. The molecule has 0 fully saturated rings. The monoisotopic (exact) mass is 481 g/mol. The molecule has 0 saturated carbocycles. The summed E-state index contributed by atoms with van der Waals surface area (Å²) >= 11 is 0. The summed E-state index contributed by atoms with van der Waals surface area (Å²) < 4.78 is 34.9. The number of hydrogen-bond donors (Lipinski definition) is 0. The first-order valence-electron chi connectivity index (χ1n) is 10.5. The van der Waals surface area contributed by atoms with Gasteiger partial charge >= 0.3 is 11.7 Å². The maximum absolute atomic E-state index is 13.1. The Morgan fingerprint density at radius 3 is 2.47 bits per heavy atom. The normalized spacial score (nSPS) is 13.3. The SMILES string of the molecule is Cn1c(COC(=O)/C=C/c2ccc(S(=O)(=O)N3CCc4ccccc43)cc2)cc(=O)n(C)c1=O. The van der Waals surface area contributed by atoms with E-state index in [2.05, 4.69) is 0 Å². The van der Waals surface area contributed by atoms with Gasteiger partial charge in [-0.2, -0.15) is 0 Å². The van der Waals surface area contributed by atoms with Gasteiger partial charge in [-0.1, -0.05) is 30.3 Å². The third-order valence-corrected chi connectivity index (χ3v) is 7.54. The van der Waals surface area contributed by atoms with E-state index in [-0.39, 0.29) is 17.2 Å². The molecule has 0 N–H and O–H groups in total. The van der Waals surface area contributed by atoms with Crippen LogP contribution in [0.1, 0.15) is 16.8 Å². The first-order chi connectivity index (χ1) is 16.2. The van der Waals surface area contributed by atoms with Crippen LogP contribution in [0.15, 0.2) is 75.2 Å². The zero-order valence-electron chi connectivity index (χ0n) is 18.7. The maximum atomic E-state index is 13.1. The Bertz CT molecular complexity index is 1500. The highest BCUT2D eigenvalue weighted by molar-refractivity contribution is 7.92. The molecule has 1 aromatic heterocycles. The maximum Gasteiger partial charge on any atom is 0.331 e. The van der Waals surface area contributed by atoms with Crippen molar-refractivity contribution in [2.45, 2.75) is 17.9 Å². The van der Waals surface area contributed by atoms with E-state index in [4.69, 9.17) is 4.74 Å². The molecule has 9 nitrogen and oxygen atoms in total. The van der Waals surface area contributed by atoms with E-state index < -0.39 is 27.2 Å². The van der Waals surface area contributed by atoms with Gasteiger partial charge < -0.3 is 4.74 Å². The Hall–Kier alpha value is -3.92. The topological polar surface area (TPSA) is 108 Å². The summed E-state index contributed by atoms with van der Waals surface area (Å²) in [6.07, 6.45) is 3.36. The number of benzene rings is 2. The van der Waals surface area contributed by atoms with Gasteiger partial charge in [0, 0.05) is 32.8 Å². The van der Waals surface area contributed by atoms with Crippen LogP contribution in [0.4, 0.5) is 5.69 Å². The number of aromatic nitrogens is 2. The molecule has 2 aromatic carbocycles. The van der Waals surface area contributed by atoms with Crippen LogP contribution < -0.4 is 15.6 Å². The van der Waals surface area contributed by atoms with Crippen molar-refractivity contribution in [1.82, 2.24) is 9.13 Å². The van der Waals surface area contributed by atoms with Crippen LogP contribution in [-0.4, -0.2) is 30.1 Å². The molecule has 4 rings (SSSR count). The van der Waals surface area contributed by atoms with Crippen LogP contribution in [0.25, 0.3) is 6.08 Å². The van der Waals surface area contributed by atoms with Crippen LogP contribution in [0, 0.1) is 0 Å². The van der Waals surface area contributed by atoms with Gasteiger partial charge in [-0.25, -0.2) is 18.0 Å². The molecule has 1 aliphatic heterocycles. The Morgan fingerprint density at radius 1 is 1.03 bits per heavy atom. The van der Waals surface area contributed by atoms with Crippen molar-refractivity contribution in [3.8, 4) is 0 Å². The molecule has 0 aliphatic carbocycles. The summed E-state index contributed by atoms with van der Waals surface area (Å²) in [6, 6.07) is 14.9. The average Bonchev–Trinajstić information content (AvgIpc) is 3.28. The van der Waals surface area contributed by atoms with Crippen molar-refractivity contribution < 1.29 is 17.9 Å². The van der Waals surface area contributed by atoms with Gasteiger partial charge in [0.05, 0.1) is 16.3 Å². The van der Waals surface area contributed by atoms with E-state index in [0.717, 1.165) is 10.1 Å². The number of ether oxygens (including phenoxy) is 1. The molecule has 0 atom stereocenters. The van der Waals surface area contributed by atoms with E-state index in [1.807, 2.05) is 18.2 Å². The number of sulfonamides is 1. The highest BCUT2D eigenvalue weighted by Gasteiger charge is 2.30. The molecular formula is C24H23N3O6S. The molecule has 34 heavy (non-hydrogen) atoms. The molecule has 2 heterocycles. The summed E-state index contributed by atoms with van der Waals surface area (Å²) in [7, 11) is -0.843. The van der Waals surface area contributed by atoms with Crippen LogP contribution >= 0.6 is 0 Å². The van der Waals surface area contributed by atoms with Crippen LogP contribution in [0.2, 0.25) is 0 Å². The summed E-state index contributed by atoms with van der Waals surface area (Å²) in [6.45, 7) is 0.160. The van der Waals surface area contributed by atoms with Gasteiger partial charge in [-0.05, 0) is 41.8 Å². The average molecular weight is 482 g/mol. The number of carbonyl (C=O) groups is 1. The number of fused-ring (bicyclic) bond motifs is 1. The van der Waals surface area contributed by atoms with Gasteiger partial charge in [-0.3, -0.25) is 18.2 Å². The van der Waals surface area contributed by atoms with Crippen LogP contribution in [0.5, 0.6) is 0 Å². The third kappa shape index (κ3) is 4.44. The number of para-hydroxylation sites is 1. The van der Waals surface area contributed by atoms with Gasteiger partial charge in [0.15, 0.2) is 0 Å². The first-order valence-corrected chi connectivity index (χ1v) is 11.9. The lowest BCUT2D eigenvalue weighted by atomic mass is 10.2. The Morgan fingerprint density at radius 2 is 1.74 bits per heavy atom. The number of anilines is 1. The minimum Gasteiger partial charge on any atom is -0.456 e. The van der Waals surface area contributed by atoms with Gasteiger partial charge in [0.2, 0.25) is 0 Å². The number of nitrogens with zero attached hydrogens (tertiary/aromatic N) is 3. The minimum absolute atomic E-state index is 0.163. The summed E-state index contributed by atoms with van der Waals surface area (Å²) in [5.74, 6) is -0.668. The van der Waals surface area contributed by atoms with Crippen molar-refractivity contribution in [2.24, 2.45) is 14.1 Å². The Labute approximate surface area is 196 Å². The summed E-state index contributed by atoms with van der Waals surface area (Å²) in [5, 5.41) is 0. The lowest BCUT2D eigenvalue weighted by Crippen LogP contribution is -2.38. The molecule has 0 spiro atoms. The van der Waals surface area contributed by atoms with Gasteiger partial charge in [0.1, 0.15) is 6.61 Å². The predicted octanol–water partition coefficient (Wildman–Crippen LogP) is 1.59. The second-order valence-corrected chi connectivity index (χ2v) is 9.70. The fourth-order valence-corrected chi connectivity index (χ4v) is 5.21. The molecule has 0 radical (unpaired) electrons. The van der Waals surface area contributed by atoms with Crippen molar-refractivity contribution in [3.63, 3.8) is 0 Å². The second kappa shape index (κ2) is 9.14. The van der Waals surface area contributed by atoms with E-state index in [1.165, 1.54) is 53.3 Å². The fourth-order valence-electron chi connectivity index (χ4n) is 3.71. The zero-order chi connectivity index (χ0) is 24.5. The van der Waals surface area contributed by atoms with Crippen molar-refractivity contribution >= 4 is 27.8 Å². The lowest BCUT2D eigenvalue weighted by Gasteiger charge is -2.19. The van der Waals surface area contributed by atoms with Crippen molar-refractivity contribution in [3.05, 3.63) is 98.3 Å². The summed E-state index contributed by atoms with van der Waals surface area (Å²) in [4.78, 5) is 35.9. The number of hydrogen-bond acceptors (Lipinski definition) is 6. The van der Waals surface area contributed by atoms with E-state index in [9.17, 15) is 22.8 Å². The molecule has 3 aromatic rings. The van der Waals surface area contributed by atoms with Crippen LogP contribution in [0.3, 0.4) is 0 Å². The van der Waals surface area contributed by atoms with Crippen molar-refractivity contribution in [2.75, 3.05) is 10.8 Å². The fraction of sp³-hybridized carbons (Fsp3) is 0.208. The quantitative estimate of drug-likeness (QED) is 0.391. The highest BCUT2D eigenvalue weighted by atomic mass is 32.2. The molecule has 0 amide bonds. The summed E-state index contributed by atoms with van der Waals surface area (Å²) in [5.41, 5.74) is 1.58. The first kappa shape index (κ1) is 23.2. The molecule has 1 aliphatic rings. The van der Waals surface area contributed by atoms with Crippen molar-refractivity contribution in [1.29, 1.82) is 0 Å². The van der Waals surface area contributed by atoms with E-state index in [1.54, 1.807) is 18.2 Å². The third-order valence-electron chi connectivity index (χ3n) is 5.71. The smallest absolute Gasteiger partial charge is 0.331 e. The second-order valence-electron chi connectivity index (χ2n) is 7.84. The van der Waals surface area contributed by atoms with E-state index in [0.29, 0.717) is 24.2 Å². The van der Waals surface area contributed by atoms with E-state index >= 15 is 0 Å². The lowest BCUT2D eigenvalue weighted by molar-refractivity contribution is -0.139. The van der Waals surface area contributed by atoms with Crippen LogP contribution in [-0.2, 0) is 46.7 Å². The molecule has 10 heteroatoms. The minimum atomic E-state index is -3.69. The molecule has 0 unspecified atom stereocenters. The largest absolute Gasteiger partial charge is 0.456 e. The predicted molar refractivity (Wildman–Crippen MR) is 127 cm³/mol. The molecule has 0 saturated heterocycles. The highest BCUT2D eigenvalue weighted by Crippen LogP contribution is 2.32. The van der Waals surface area contributed by atoms with Gasteiger partial charge in [0.25, 0.3) is 15.6 Å².